The van der Waals surface area contributed by atoms with Crippen molar-refractivity contribution in [3.8, 4) is 0 Å². The van der Waals surface area contributed by atoms with Crippen molar-refractivity contribution in [2.24, 2.45) is 0 Å². The molecule has 19 heavy (non-hydrogen) atoms. The van der Waals surface area contributed by atoms with Gasteiger partial charge in [-0.1, -0.05) is 0 Å². The maximum Gasteiger partial charge on any atom is 0.118 e. The summed E-state index contributed by atoms with van der Waals surface area (Å²) < 4.78 is 11.2. The Morgan fingerprint density at radius 1 is 1.00 bits per heavy atom. The Morgan fingerprint density at radius 3 is 1.79 bits per heavy atom. The second-order valence-electron chi connectivity index (χ2n) is 5.04. The average Bonchev–Trinajstić information content (AvgIpc) is 2.87. The number of aryl methyl sites for hydroxylation is 2. The van der Waals surface area contributed by atoms with Gasteiger partial charge in [0.1, 0.15) is 23.0 Å². The van der Waals surface area contributed by atoms with Gasteiger partial charge in [-0.2, -0.15) is 0 Å². The van der Waals surface area contributed by atoms with Crippen LogP contribution in [0, 0.1) is 13.8 Å². The van der Waals surface area contributed by atoms with Crippen molar-refractivity contribution in [1.82, 2.24) is 4.90 Å². The monoisotopic (exact) mass is 263 g/mol. The van der Waals surface area contributed by atoms with Gasteiger partial charge in [0.25, 0.3) is 0 Å². The fourth-order valence-corrected chi connectivity index (χ4v) is 2.14. The van der Waals surface area contributed by atoms with E-state index in [1.807, 2.05) is 38.1 Å². The summed E-state index contributed by atoms with van der Waals surface area (Å²) in [7, 11) is 0. The van der Waals surface area contributed by atoms with Crippen LogP contribution in [0.3, 0.4) is 0 Å². The molecule has 0 spiro atoms. The molecule has 0 bridgehead atoms. The van der Waals surface area contributed by atoms with Gasteiger partial charge in [-0.3, -0.25) is 4.90 Å². The zero-order valence-corrected chi connectivity index (χ0v) is 11.7. The van der Waals surface area contributed by atoms with E-state index in [-0.39, 0.29) is 6.10 Å². The summed E-state index contributed by atoms with van der Waals surface area (Å²) in [5.74, 6) is 3.62. The molecular formula is C15H21NO3. The predicted molar refractivity (Wildman–Crippen MR) is 72.7 cm³/mol. The van der Waals surface area contributed by atoms with E-state index in [2.05, 4.69) is 4.90 Å². The average molecular weight is 263 g/mol. The lowest BCUT2D eigenvalue weighted by Gasteiger charge is -2.21. The van der Waals surface area contributed by atoms with E-state index in [9.17, 15) is 5.11 Å². The van der Waals surface area contributed by atoms with Crippen molar-refractivity contribution >= 4 is 0 Å². The molecule has 0 aliphatic heterocycles. The Bertz CT molecular complexity index is 471. The predicted octanol–water partition coefficient (Wildman–Crippen LogP) is 2.87. The van der Waals surface area contributed by atoms with Crippen LogP contribution in [-0.2, 0) is 13.1 Å². The van der Waals surface area contributed by atoms with Gasteiger partial charge in [0, 0.05) is 6.54 Å². The maximum absolute atomic E-state index is 9.59. The van der Waals surface area contributed by atoms with E-state index in [1.165, 1.54) is 0 Å². The Balaban J connectivity index is 2.02. The zero-order valence-electron chi connectivity index (χ0n) is 11.7. The SMILES string of the molecule is Cc1ccc(CN(Cc2ccc(C)o2)CC(C)O)o1. The summed E-state index contributed by atoms with van der Waals surface area (Å²) in [6.07, 6.45) is -0.382. The molecule has 0 saturated carbocycles. The maximum atomic E-state index is 9.59. The van der Waals surface area contributed by atoms with Crippen molar-refractivity contribution in [2.45, 2.75) is 40.0 Å². The third-order valence-electron chi connectivity index (χ3n) is 2.87. The van der Waals surface area contributed by atoms with Gasteiger partial charge in [-0.15, -0.1) is 0 Å². The lowest BCUT2D eigenvalue weighted by molar-refractivity contribution is 0.108. The Labute approximate surface area is 113 Å². The Morgan fingerprint density at radius 2 is 1.47 bits per heavy atom. The van der Waals surface area contributed by atoms with Crippen molar-refractivity contribution in [2.75, 3.05) is 6.54 Å². The molecule has 0 radical (unpaired) electrons. The smallest absolute Gasteiger partial charge is 0.118 e. The first-order valence-electron chi connectivity index (χ1n) is 6.54. The summed E-state index contributed by atoms with van der Waals surface area (Å²) in [5.41, 5.74) is 0. The highest BCUT2D eigenvalue weighted by atomic mass is 16.3. The van der Waals surface area contributed by atoms with E-state index in [0.29, 0.717) is 19.6 Å². The zero-order chi connectivity index (χ0) is 13.8. The van der Waals surface area contributed by atoms with Crippen LogP contribution in [0.1, 0.15) is 30.0 Å². The van der Waals surface area contributed by atoms with E-state index in [1.54, 1.807) is 6.92 Å². The third kappa shape index (κ3) is 4.26. The quantitative estimate of drug-likeness (QED) is 0.870. The van der Waals surface area contributed by atoms with Crippen LogP contribution < -0.4 is 0 Å². The molecule has 1 unspecified atom stereocenters. The highest BCUT2D eigenvalue weighted by molar-refractivity contribution is 5.07. The van der Waals surface area contributed by atoms with Gasteiger partial charge in [0.05, 0.1) is 19.2 Å². The summed E-state index contributed by atoms with van der Waals surface area (Å²) in [6.45, 7) is 7.56. The molecule has 4 nitrogen and oxygen atoms in total. The molecule has 1 atom stereocenters. The molecule has 2 heterocycles. The molecule has 1 N–H and O–H groups in total. The van der Waals surface area contributed by atoms with Crippen molar-refractivity contribution in [1.29, 1.82) is 0 Å². The van der Waals surface area contributed by atoms with E-state index in [0.717, 1.165) is 23.0 Å². The molecule has 4 heteroatoms. The Hall–Kier alpha value is -1.52. The van der Waals surface area contributed by atoms with Crippen LogP contribution in [0.2, 0.25) is 0 Å². The van der Waals surface area contributed by atoms with Gasteiger partial charge in [-0.05, 0) is 45.0 Å². The van der Waals surface area contributed by atoms with Crippen LogP contribution in [0.4, 0.5) is 0 Å². The molecule has 0 fully saturated rings. The summed E-state index contributed by atoms with van der Waals surface area (Å²) in [4.78, 5) is 2.11. The number of hydrogen-bond donors (Lipinski definition) is 1. The van der Waals surface area contributed by atoms with Gasteiger partial charge < -0.3 is 13.9 Å². The number of hydrogen-bond acceptors (Lipinski definition) is 4. The van der Waals surface area contributed by atoms with Gasteiger partial charge in [0.15, 0.2) is 0 Å². The molecule has 2 aromatic heterocycles. The first-order chi connectivity index (χ1) is 9.02. The number of aliphatic hydroxyl groups excluding tert-OH is 1. The molecule has 0 aliphatic carbocycles. The first kappa shape index (κ1) is 13.9. The van der Waals surface area contributed by atoms with E-state index >= 15 is 0 Å². The summed E-state index contributed by atoms with van der Waals surface area (Å²) in [6, 6.07) is 7.84. The summed E-state index contributed by atoms with van der Waals surface area (Å²) in [5, 5.41) is 9.59. The molecule has 0 saturated heterocycles. The van der Waals surface area contributed by atoms with Crippen LogP contribution in [0.15, 0.2) is 33.1 Å². The van der Waals surface area contributed by atoms with Crippen LogP contribution in [0.25, 0.3) is 0 Å². The standard InChI is InChI=1S/C15H21NO3/c1-11(17)8-16(9-14-6-4-12(2)18-14)10-15-7-5-13(3)19-15/h4-7,11,17H,8-10H2,1-3H3. The molecule has 0 aliphatic rings. The minimum absolute atomic E-state index is 0.382. The van der Waals surface area contributed by atoms with Crippen molar-refractivity contribution in [3.63, 3.8) is 0 Å². The van der Waals surface area contributed by atoms with Crippen LogP contribution in [0.5, 0.6) is 0 Å². The molecule has 0 amide bonds. The van der Waals surface area contributed by atoms with Gasteiger partial charge in [-0.25, -0.2) is 0 Å². The van der Waals surface area contributed by atoms with Crippen LogP contribution in [-0.4, -0.2) is 22.7 Å². The van der Waals surface area contributed by atoms with E-state index in [4.69, 9.17) is 8.83 Å². The largest absolute Gasteiger partial charge is 0.465 e. The lowest BCUT2D eigenvalue weighted by atomic mass is 10.3. The minimum atomic E-state index is -0.382. The van der Waals surface area contributed by atoms with Crippen LogP contribution >= 0.6 is 0 Å². The Kier molecular flexibility index (Phi) is 4.45. The molecule has 104 valence electrons. The molecule has 2 aromatic rings. The fourth-order valence-electron chi connectivity index (χ4n) is 2.14. The third-order valence-corrected chi connectivity index (χ3v) is 2.87. The highest BCUT2D eigenvalue weighted by Gasteiger charge is 2.13. The topological polar surface area (TPSA) is 49.8 Å². The second-order valence-corrected chi connectivity index (χ2v) is 5.04. The fraction of sp³-hybridized carbons (Fsp3) is 0.467. The van der Waals surface area contributed by atoms with Crippen molar-refractivity contribution in [3.05, 3.63) is 47.3 Å². The first-order valence-corrected chi connectivity index (χ1v) is 6.54. The van der Waals surface area contributed by atoms with Crippen molar-refractivity contribution < 1.29 is 13.9 Å². The molecule has 2 rings (SSSR count). The van der Waals surface area contributed by atoms with Gasteiger partial charge in [0.2, 0.25) is 0 Å². The molecule has 0 aromatic carbocycles. The van der Waals surface area contributed by atoms with Gasteiger partial charge >= 0.3 is 0 Å². The summed E-state index contributed by atoms with van der Waals surface area (Å²) >= 11 is 0. The second kappa shape index (κ2) is 6.08. The number of nitrogens with zero attached hydrogens (tertiary/aromatic N) is 1. The van der Waals surface area contributed by atoms with E-state index < -0.39 is 0 Å². The highest BCUT2D eigenvalue weighted by Crippen LogP contribution is 2.14. The minimum Gasteiger partial charge on any atom is -0.465 e. The molecular weight excluding hydrogens is 242 g/mol. The number of furan rings is 2. The number of aliphatic hydroxyl groups is 1. The number of rotatable bonds is 6. The lowest BCUT2D eigenvalue weighted by Crippen LogP contribution is -2.30. The normalized spacial score (nSPS) is 13.1.